The van der Waals surface area contributed by atoms with Crippen molar-refractivity contribution in [1.29, 1.82) is 0 Å². The number of carbonyl (C=O) groups is 1. The van der Waals surface area contributed by atoms with Gasteiger partial charge in [-0.25, -0.2) is 4.98 Å². The summed E-state index contributed by atoms with van der Waals surface area (Å²) in [5, 5.41) is 7.28. The molecule has 0 radical (unpaired) electrons. The van der Waals surface area contributed by atoms with Crippen LogP contribution in [0.15, 0.2) is 65.4 Å². The lowest BCUT2D eigenvalue weighted by Gasteiger charge is -2.30. The average Bonchev–Trinajstić information content (AvgIpc) is 3.52. The Balaban J connectivity index is 1.08. The molecule has 2 aromatic carbocycles. The highest BCUT2D eigenvalue weighted by molar-refractivity contribution is 5.78. The van der Waals surface area contributed by atoms with Gasteiger partial charge in [0.05, 0.1) is 6.54 Å². The number of rotatable bonds is 8. The minimum Gasteiger partial charge on any atom is -0.352 e. The number of piperidine rings is 1. The molecule has 2 aromatic heterocycles. The highest BCUT2D eigenvalue weighted by Gasteiger charge is 2.26. The Bertz CT molecular complexity index is 1320. The Kier molecular flexibility index (Phi) is 7.23. The summed E-state index contributed by atoms with van der Waals surface area (Å²) >= 11 is 0. The van der Waals surface area contributed by atoms with E-state index in [1.807, 2.05) is 50.5 Å². The van der Waals surface area contributed by atoms with Gasteiger partial charge in [-0.15, -0.1) is 0 Å². The highest BCUT2D eigenvalue weighted by atomic mass is 16.5. The van der Waals surface area contributed by atoms with Crippen molar-refractivity contribution in [2.24, 2.45) is 5.92 Å². The number of nitrogens with one attached hydrogen (secondary N) is 1. The number of hydrogen-bond acceptors (Lipinski definition) is 6. The topological polar surface area (TPSA) is 89.1 Å². The monoisotopic (exact) mass is 484 g/mol. The molecule has 0 saturated carbocycles. The molecule has 8 heteroatoms. The van der Waals surface area contributed by atoms with E-state index in [2.05, 4.69) is 54.2 Å². The van der Waals surface area contributed by atoms with Gasteiger partial charge in [-0.2, -0.15) is 4.98 Å². The molecule has 0 bridgehead atoms. The minimum atomic E-state index is 0.0311. The summed E-state index contributed by atoms with van der Waals surface area (Å²) in [5.74, 6) is 2.38. The molecular weight excluding hydrogens is 452 g/mol. The van der Waals surface area contributed by atoms with E-state index in [-0.39, 0.29) is 11.8 Å². The van der Waals surface area contributed by atoms with E-state index in [9.17, 15) is 4.79 Å². The molecule has 0 unspecified atom stereocenters. The molecule has 1 saturated heterocycles. The van der Waals surface area contributed by atoms with Gasteiger partial charge >= 0.3 is 0 Å². The summed E-state index contributed by atoms with van der Waals surface area (Å²) in [7, 11) is 0. The van der Waals surface area contributed by atoms with E-state index in [1.165, 1.54) is 5.56 Å². The fraction of sp³-hybridized carbons (Fsp3) is 0.357. The second-order valence-electron chi connectivity index (χ2n) is 9.57. The maximum Gasteiger partial charge on any atom is 0.241 e. The molecule has 0 spiro atoms. The van der Waals surface area contributed by atoms with Crippen molar-refractivity contribution >= 4 is 5.91 Å². The zero-order valence-electron chi connectivity index (χ0n) is 20.9. The first-order valence-corrected chi connectivity index (χ1v) is 12.5. The molecule has 8 nitrogen and oxygen atoms in total. The Morgan fingerprint density at radius 3 is 2.64 bits per heavy atom. The summed E-state index contributed by atoms with van der Waals surface area (Å²) in [5.41, 5.74) is 4.43. The Morgan fingerprint density at radius 1 is 1.06 bits per heavy atom. The minimum absolute atomic E-state index is 0.0311. The normalized spacial score (nSPS) is 14.7. The van der Waals surface area contributed by atoms with Crippen molar-refractivity contribution in [2.75, 3.05) is 13.1 Å². The molecule has 1 fully saturated rings. The van der Waals surface area contributed by atoms with E-state index >= 15 is 0 Å². The molecule has 0 aliphatic carbocycles. The number of amides is 1. The van der Waals surface area contributed by atoms with Crippen LogP contribution in [0.5, 0.6) is 0 Å². The molecule has 5 rings (SSSR count). The molecule has 186 valence electrons. The fourth-order valence-corrected chi connectivity index (χ4v) is 4.70. The lowest BCUT2D eigenvalue weighted by molar-refractivity contribution is -0.126. The van der Waals surface area contributed by atoms with Crippen molar-refractivity contribution in [3.63, 3.8) is 0 Å². The molecular formula is C28H32N6O2. The number of hydrogen-bond donors (Lipinski definition) is 1. The maximum absolute atomic E-state index is 12.8. The first-order valence-electron chi connectivity index (χ1n) is 12.5. The van der Waals surface area contributed by atoms with Crippen LogP contribution in [0.3, 0.4) is 0 Å². The molecule has 36 heavy (non-hydrogen) atoms. The molecule has 1 amide bonds. The van der Waals surface area contributed by atoms with E-state index in [4.69, 9.17) is 4.52 Å². The summed E-state index contributed by atoms with van der Waals surface area (Å²) in [4.78, 5) is 24.0. The smallest absolute Gasteiger partial charge is 0.241 e. The molecule has 1 N–H and O–H groups in total. The van der Waals surface area contributed by atoms with E-state index < -0.39 is 0 Å². The van der Waals surface area contributed by atoms with Gasteiger partial charge in [0.25, 0.3) is 0 Å². The summed E-state index contributed by atoms with van der Waals surface area (Å²) in [6, 6.07) is 16.4. The van der Waals surface area contributed by atoms with E-state index in [0.717, 1.165) is 55.0 Å². The van der Waals surface area contributed by atoms with Crippen LogP contribution in [-0.4, -0.2) is 43.6 Å². The number of likely N-dealkylation sites (tertiary alicyclic amines) is 1. The Hall–Kier alpha value is -3.78. The largest absolute Gasteiger partial charge is 0.352 e. The lowest BCUT2D eigenvalue weighted by Crippen LogP contribution is -2.40. The first-order chi connectivity index (χ1) is 17.5. The van der Waals surface area contributed by atoms with Crippen LogP contribution in [0.4, 0.5) is 0 Å². The molecule has 1 aliphatic rings. The number of aromatic nitrogens is 4. The van der Waals surface area contributed by atoms with Gasteiger partial charge in [-0.05, 0) is 57.0 Å². The number of imidazole rings is 1. The number of nitrogens with zero attached hydrogens (tertiary/aromatic N) is 5. The number of aryl methyl sites for hydroxylation is 2. The molecule has 4 aromatic rings. The van der Waals surface area contributed by atoms with E-state index in [1.54, 1.807) is 0 Å². The third-order valence-corrected chi connectivity index (χ3v) is 6.80. The van der Waals surface area contributed by atoms with Gasteiger partial charge in [0.2, 0.25) is 17.6 Å². The van der Waals surface area contributed by atoms with Crippen LogP contribution < -0.4 is 5.32 Å². The Labute approximate surface area is 211 Å². The third-order valence-electron chi connectivity index (χ3n) is 6.80. The number of benzene rings is 2. The molecule has 0 atom stereocenters. The van der Waals surface area contributed by atoms with Gasteiger partial charge in [0.1, 0.15) is 5.82 Å². The van der Waals surface area contributed by atoms with Crippen LogP contribution in [0.1, 0.15) is 41.2 Å². The third kappa shape index (κ3) is 5.88. The van der Waals surface area contributed by atoms with Crippen LogP contribution in [0.25, 0.3) is 11.4 Å². The van der Waals surface area contributed by atoms with Crippen LogP contribution in [-0.2, 0) is 24.4 Å². The van der Waals surface area contributed by atoms with Crippen LogP contribution in [0.2, 0.25) is 0 Å². The second kappa shape index (κ2) is 10.9. The molecule has 3 heterocycles. The van der Waals surface area contributed by atoms with Gasteiger partial charge in [0.15, 0.2) is 0 Å². The maximum atomic E-state index is 12.8. The number of carbonyl (C=O) groups excluding carboxylic acids is 1. The zero-order valence-corrected chi connectivity index (χ0v) is 20.9. The predicted molar refractivity (Wildman–Crippen MR) is 137 cm³/mol. The van der Waals surface area contributed by atoms with E-state index in [0.29, 0.717) is 24.8 Å². The van der Waals surface area contributed by atoms with Gasteiger partial charge in [-0.3, -0.25) is 9.69 Å². The quantitative estimate of drug-likeness (QED) is 0.405. The standard InChI is InChI=1S/C28H32N6O2/c1-20-5-3-8-25(15-20)27-31-26(36-32-27)19-33-12-9-24(10-13-33)28(35)30-17-22-6-4-7-23(16-22)18-34-14-11-29-21(34)2/h3-8,11,14-16,24H,9-10,12-13,17-19H2,1-2H3,(H,30,35). The average molecular weight is 485 g/mol. The van der Waals surface area contributed by atoms with Crippen molar-refractivity contribution in [1.82, 2.24) is 29.9 Å². The van der Waals surface area contributed by atoms with Crippen molar-refractivity contribution in [3.05, 3.63) is 89.3 Å². The van der Waals surface area contributed by atoms with Gasteiger partial charge < -0.3 is 14.4 Å². The SMILES string of the molecule is Cc1cccc(-c2noc(CN3CCC(C(=O)NCc4cccc(Cn5ccnc5C)c4)CC3)n2)c1. The van der Waals surface area contributed by atoms with Crippen molar-refractivity contribution < 1.29 is 9.32 Å². The Morgan fingerprint density at radius 2 is 1.86 bits per heavy atom. The van der Waals surface area contributed by atoms with Crippen LogP contribution >= 0.6 is 0 Å². The predicted octanol–water partition coefficient (Wildman–Crippen LogP) is 4.13. The zero-order chi connectivity index (χ0) is 24.9. The van der Waals surface area contributed by atoms with Gasteiger partial charge in [0, 0.05) is 37.0 Å². The second-order valence-corrected chi connectivity index (χ2v) is 9.57. The summed E-state index contributed by atoms with van der Waals surface area (Å²) in [6.45, 7) is 7.64. The van der Waals surface area contributed by atoms with Gasteiger partial charge in [-0.1, -0.05) is 53.2 Å². The highest BCUT2D eigenvalue weighted by Crippen LogP contribution is 2.21. The molecule has 1 aliphatic heterocycles. The van der Waals surface area contributed by atoms with Crippen molar-refractivity contribution in [3.8, 4) is 11.4 Å². The van der Waals surface area contributed by atoms with Crippen LogP contribution in [0, 0.1) is 19.8 Å². The lowest BCUT2D eigenvalue weighted by atomic mass is 9.96. The summed E-state index contributed by atoms with van der Waals surface area (Å²) < 4.78 is 7.60. The van der Waals surface area contributed by atoms with Crippen molar-refractivity contribution in [2.45, 2.75) is 46.3 Å². The summed E-state index contributed by atoms with van der Waals surface area (Å²) in [6.07, 6.45) is 5.45. The first kappa shape index (κ1) is 23.9. The fourth-order valence-electron chi connectivity index (χ4n) is 4.70.